The normalized spacial score (nSPS) is 12.7. The van der Waals surface area contributed by atoms with Gasteiger partial charge in [0.2, 0.25) is 0 Å². The van der Waals surface area contributed by atoms with E-state index in [0.717, 1.165) is 37.6 Å². The minimum absolute atomic E-state index is 0.282. The van der Waals surface area contributed by atoms with Gasteiger partial charge in [0.1, 0.15) is 0 Å². The van der Waals surface area contributed by atoms with Gasteiger partial charge in [-0.2, -0.15) is 5.10 Å². The second kappa shape index (κ2) is 10.00. The smallest absolute Gasteiger partial charge is 0.191 e. The Hall–Kier alpha value is -2.50. The van der Waals surface area contributed by atoms with E-state index in [1.54, 1.807) is 0 Å². The molecular weight excluding hydrogens is 336 g/mol. The highest BCUT2D eigenvalue weighted by molar-refractivity contribution is 5.79. The monoisotopic (exact) mass is 370 g/mol. The highest BCUT2D eigenvalue weighted by Crippen LogP contribution is 2.14. The van der Waals surface area contributed by atoms with Crippen molar-refractivity contribution in [3.05, 3.63) is 47.3 Å². The number of benzene rings is 1. The third kappa shape index (κ3) is 6.01. The number of para-hydroxylation sites is 1. The number of aromatic nitrogens is 2. The molecule has 1 aromatic heterocycles. The van der Waals surface area contributed by atoms with Crippen LogP contribution in [0.5, 0.6) is 0 Å². The number of aliphatic imine (C=N–C) groups is 1. The maximum atomic E-state index is 4.50. The van der Waals surface area contributed by atoms with Crippen LogP contribution in [0.2, 0.25) is 0 Å². The standard InChI is InChI=1S/C21H34N6/c1-16(15-20-17(2)25-27(6)18(20)3)24-21(22-4)23-13-10-14-26(5)19-11-8-7-9-12-19/h7-9,11-12,16H,10,13-15H2,1-6H3,(H2,22,23,24). The number of hydrogen-bond donors (Lipinski definition) is 2. The van der Waals surface area contributed by atoms with Crippen LogP contribution in [0.3, 0.4) is 0 Å². The van der Waals surface area contributed by atoms with Crippen molar-refractivity contribution < 1.29 is 0 Å². The lowest BCUT2D eigenvalue weighted by atomic mass is 10.1. The summed E-state index contributed by atoms with van der Waals surface area (Å²) in [6, 6.07) is 10.7. The van der Waals surface area contributed by atoms with E-state index in [0.29, 0.717) is 0 Å². The van der Waals surface area contributed by atoms with Crippen LogP contribution in [0.25, 0.3) is 0 Å². The molecule has 0 spiro atoms. The number of guanidine groups is 1. The zero-order valence-electron chi connectivity index (χ0n) is 17.6. The highest BCUT2D eigenvalue weighted by atomic mass is 15.3. The fraction of sp³-hybridized carbons (Fsp3) is 0.524. The molecule has 0 amide bonds. The van der Waals surface area contributed by atoms with E-state index in [4.69, 9.17) is 0 Å². The predicted octanol–water partition coefficient (Wildman–Crippen LogP) is 2.66. The Labute approximate surface area is 163 Å². The lowest BCUT2D eigenvalue weighted by molar-refractivity contribution is 0.630. The summed E-state index contributed by atoms with van der Waals surface area (Å²) in [5.74, 6) is 0.851. The predicted molar refractivity (Wildman–Crippen MR) is 115 cm³/mol. The van der Waals surface area contributed by atoms with Crippen LogP contribution in [-0.4, -0.2) is 49.0 Å². The van der Waals surface area contributed by atoms with Crippen molar-refractivity contribution >= 4 is 11.6 Å². The van der Waals surface area contributed by atoms with Crippen molar-refractivity contribution in [3.63, 3.8) is 0 Å². The Morgan fingerprint density at radius 1 is 1.26 bits per heavy atom. The Bertz CT molecular complexity index is 735. The number of hydrogen-bond acceptors (Lipinski definition) is 3. The SMILES string of the molecule is CN=C(NCCCN(C)c1ccccc1)NC(C)Cc1c(C)nn(C)c1C. The molecule has 1 unspecified atom stereocenters. The first-order chi connectivity index (χ1) is 12.9. The summed E-state index contributed by atoms with van der Waals surface area (Å²) in [5, 5.41) is 11.4. The molecule has 0 saturated heterocycles. The Balaban J connectivity index is 1.75. The average molecular weight is 371 g/mol. The van der Waals surface area contributed by atoms with Crippen LogP contribution in [-0.2, 0) is 13.5 Å². The molecule has 0 bridgehead atoms. The molecule has 0 saturated carbocycles. The summed E-state index contributed by atoms with van der Waals surface area (Å²) >= 11 is 0. The fourth-order valence-electron chi connectivity index (χ4n) is 3.23. The van der Waals surface area contributed by atoms with Crippen molar-refractivity contribution in [2.24, 2.45) is 12.0 Å². The van der Waals surface area contributed by atoms with Crippen molar-refractivity contribution in [2.45, 2.75) is 39.7 Å². The number of nitrogens with zero attached hydrogens (tertiary/aromatic N) is 4. The topological polar surface area (TPSA) is 57.5 Å². The number of aryl methyl sites for hydroxylation is 2. The molecule has 0 aliphatic carbocycles. The third-order valence-electron chi connectivity index (χ3n) is 4.94. The van der Waals surface area contributed by atoms with Crippen molar-refractivity contribution in [2.75, 3.05) is 32.1 Å². The van der Waals surface area contributed by atoms with E-state index in [1.807, 2.05) is 24.8 Å². The molecular formula is C21H34N6. The van der Waals surface area contributed by atoms with E-state index < -0.39 is 0 Å². The Morgan fingerprint density at radius 2 is 1.96 bits per heavy atom. The van der Waals surface area contributed by atoms with Crippen LogP contribution in [0.4, 0.5) is 5.69 Å². The fourth-order valence-corrected chi connectivity index (χ4v) is 3.23. The molecule has 2 rings (SSSR count). The highest BCUT2D eigenvalue weighted by Gasteiger charge is 2.13. The molecule has 6 nitrogen and oxygen atoms in total. The number of anilines is 1. The van der Waals surface area contributed by atoms with Crippen LogP contribution >= 0.6 is 0 Å². The molecule has 0 aliphatic heterocycles. The van der Waals surface area contributed by atoms with Crippen LogP contribution in [0, 0.1) is 13.8 Å². The Kier molecular flexibility index (Phi) is 7.70. The van der Waals surface area contributed by atoms with E-state index in [2.05, 4.69) is 77.7 Å². The molecule has 0 fully saturated rings. The summed E-state index contributed by atoms with van der Waals surface area (Å²) in [7, 11) is 5.94. The number of rotatable bonds is 8. The van der Waals surface area contributed by atoms with Crippen LogP contribution in [0.1, 0.15) is 30.3 Å². The van der Waals surface area contributed by atoms with E-state index in [9.17, 15) is 0 Å². The van der Waals surface area contributed by atoms with Gasteiger partial charge in [-0.15, -0.1) is 0 Å². The van der Waals surface area contributed by atoms with Gasteiger partial charge < -0.3 is 15.5 Å². The minimum Gasteiger partial charge on any atom is -0.375 e. The molecule has 2 N–H and O–H groups in total. The summed E-state index contributed by atoms with van der Waals surface area (Å²) < 4.78 is 1.95. The van der Waals surface area contributed by atoms with Gasteiger partial charge in [-0.05, 0) is 51.3 Å². The van der Waals surface area contributed by atoms with Gasteiger partial charge in [0.05, 0.1) is 5.69 Å². The van der Waals surface area contributed by atoms with Crippen LogP contribution < -0.4 is 15.5 Å². The quantitative estimate of drug-likeness (QED) is 0.426. The van der Waals surface area contributed by atoms with Crippen molar-refractivity contribution in [1.82, 2.24) is 20.4 Å². The molecule has 1 atom stereocenters. The van der Waals surface area contributed by atoms with Gasteiger partial charge in [-0.1, -0.05) is 18.2 Å². The van der Waals surface area contributed by atoms with Gasteiger partial charge in [0.15, 0.2) is 5.96 Å². The van der Waals surface area contributed by atoms with Crippen LogP contribution in [0.15, 0.2) is 35.3 Å². The molecule has 0 aliphatic rings. The molecule has 27 heavy (non-hydrogen) atoms. The first kappa shape index (κ1) is 20.8. The van der Waals surface area contributed by atoms with Gasteiger partial charge in [-0.25, -0.2) is 0 Å². The van der Waals surface area contributed by atoms with Gasteiger partial charge in [0, 0.05) is 51.7 Å². The number of nitrogens with one attached hydrogen (secondary N) is 2. The maximum Gasteiger partial charge on any atom is 0.191 e. The zero-order valence-corrected chi connectivity index (χ0v) is 17.6. The Morgan fingerprint density at radius 3 is 2.56 bits per heavy atom. The zero-order chi connectivity index (χ0) is 19.8. The van der Waals surface area contributed by atoms with Crippen molar-refractivity contribution in [1.29, 1.82) is 0 Å². The summed E-state index contributed by atoms with van der Waals surface area (Å²) in [5.41, 5.74) is 4.90. The molecule has 1 heterocycles. The molecule has 1 aromatic carbocycles. The van der Waals surface area contributed by atoms with E-state index in [-0.39, 0.29) is 6.04 Å². The summed E-state index contributed by atoms with van der Waals surface area (Å²) in [6.07, 6.45) is 1.98. The van der Waals surface area contributed by atoms with Crippen molar-refractivity contribution in [3.8, 4) is 0 Å². The molecule has 148 valence electrons. The summed E-state index contributed by atoms with van der Waals surface area (Å²) in [4.78, 5) is 6.63. The van der Waals surface area contributed by atoms with Gasteiger partial charge >= 0.3 is 0 Å². The minimum atomic E-state index is 0.282. The maximum absolute atomic E-state index is 4.50. The third-order valence-corrected chi connectivity index (χ3v) is 4.94. The largest absolute Gasteiger partial charge is 0.375 e. The van der Waals surface area contributed by atoms with Gasteiger partial charge in [-0.3, -0.25) is 9.67 Å². The van der Waals surface area contributed by atoms with Gasteiger partial charge in [0.25, 0.3) is 0 Å². The molecule has 2 aromatic rings. The molecule has 6 heteroatoms. The first-order valence-electron chi connectivity index (χ1n) is 9.64. The summed E-state index contributed by atoms with van der Waals surface area (Å²) in [6.45, 7) is 8.26. The molecule has 0 radical (unpaired) electrons. The first-order valence-corrected chi connectivity index (χ1v) is 9.64. The lowest BCUT2D eigenvalue weighted by Gasteiger charge is -2.21. The average Bonchev–Trinajstić information content (AvgIpc) is 2.90. The van der Waals surface area contributed by atoms with E-state index in [1.165, 1.54) is 16.9 Å². The second-order valence-electron chi connectivity index (χ2n) is 7.13. The lowest BCUT2D eigenvalue weighted by Crippen LogP contribution is -2.43. The van der Waals surface area contributed by atoms with E-state index >= 15 is 0 Å². The second-order valence-corrected chi connectivity index (χ2v) is 7.13.